The van der Waals surface area contributed by atoms with Crippen molar-refractivity contribution in [3.63, 3.8) is 0 Å². The lowest BCUT2D eigenvalue weighted by Gasteiger charge is -2.15. The van der Waals surface area contributed by atoms with Crippen molar-refractivity contribution >= 4 is 11.9 Å². The summed E-state index contributed by atoms with van der Waals surface area (Å²) in [6.07, 6.45) is 93.3. The molecule has 0 rings (SSSR count). The van der Waals surface area contributed by atoms with Crippen molar-refractivity contribution in [3.05, 3.63) is 122 Å². The van der Waals surface area contributed by atoms with Crippen LogP contribution in [-0.4, -0.2) is 36.4 Å². The second-order valence-corrected chi connectivity index (χ2v) is 20.4. The van der Waals surface area contributed by atoms with Crippen LogP contribution in [0.1, 0.15) is 284 Å². The average molecular weight is 1030 g/mol. The zero-order chi connectivity index (χ0) is 53.4. The van der Waals surface area contributed by atoms with E-state index in [1.165, 1.54) is 154 Å². The van der Waals surface area contributed by atoms with Crippen LogP contribution >= 0.6 is 0 Å². The number of aliphatic hydroxyl groups is 1. The fraction of sp³-hybridized carbons (Fsp3) is 0.681. The summed E-state index contributed by atoms with van der Waals surface area (Å²) in [7, 11) is 0. The van der Waals surface area contributed by atoms with E-state index >= 15 is 0 Å². The topological polar surface area (TPSA) is 72.8 Å². The first-order chi connectivity index (χ1) is 36.6. The molecule has 0 aromatic carbocycles. The van der Waals surface area contributed by atoms with Crippen LogP contribution in [0.5, 0.6) is 0 Å². The fourth-order valence-corrected chi connectivity index (χ4v) is 8.67. The zero-order valence-corrected chi connectivity index (χ0v) is 48.3. The van der Waals surface area contributed by atoms with E-state index in [0.29, 0.717) is 12.8 Å². The number of allylic oxidation sites excluding steroid dienone is 20. The third kappa shape index (κ3) is 60.9. The maximum Gasteiger partial charge on any atom is 0.306 e. The van der Waals surface area contributed by atoms with E-state index in [4.69, 9.17) is 9.47 Å². The van der Waals surface area contributed by atoms with Crippen LogP contribution < -0.4 is 0 Å². The van der Waals surface area contributed by atoms with E-state index in [0.717, 1.165) is 103 Å². The number of hydrogen-bond donors (Lipinski definition) is 1. The highest BCUT2D eigenvalue weighted by Crippen LogP contribution is 2.16. The summed E-state index contributed by atoms with van der Waals surface area (Å²) in [5.74, 6) is -0.590. The Kier molecular flexibility index (Phi) is 60.4. The van der Waals surface area contributed by atoms with Crippen molar-refractivity contribution in [2.75, 3.05) is 13.2 Å². The molecule has 5 heteroatoms. The third-order valence-corrected chi connectivity index (χ3v) is 13.3. The van der Waals surface area contributed by atoms with Gasteiger partial charge in [-0.05, 0) is 103 Å². The molecule has 74 heavy (non-hydrogen) atoms. The third-order valence-electron chi connectivity index (χ3n) is 13.3. The molecule has 0 fully saturated rings. The van der Waals surface area contributed by atoms with Crippen molar-refractivity contribution in [1.29, 1.82) is 0 Å². The van der Waals surface area contributed by atoms with Gasteiger partial charge in [-0.25, -0.2) is 0 Å². The van der Waals surface area contributed by atoms with Gasteiger partial charge in [0, 0.05) is 12.8 Å². The Labute approximate surface area is 458 Å². The number of aliphatic hydroxyl groups excluding tert-OH is 1. The summed E-state index contributed by atoms with van der Waals surface area (Å²) in [5, 5.41) is 9.68. The minimum atomic E-state index is -0.781. The molecule has 0 saturated heterocycles. The van der Waals surface area contributed by atoms with Gasteiger partial charge in [-0.1, -0.05) is 289 Å². The van der Waals surface area contributed by atoms with Crippen molar-refractivity contribution in [2.45, 2.75) is 290 Å². The average Bonchev–Trinajstić information content (AvgIpc) is 3.40. The Morgan fingerprint density at radius 2 is 0.541 bits per heavy atom. The van der Waals surface area contributed by atoms with Crippen LogP contribution in [0.25, 0.3) is 0 Å². The van der Waals surface area contributed by atoms with Crippen LogP contribution in [0.15, 0.2) is 122 Å². The Morgan fingerprint density at radius 3 is 0.811 bits per heavy atom. The number of carbonyl (C=O) groups is 2. The summed E-state index contributed by atoms with van der Waals surface area (Å²) in [6.45, 7) is 3.93. The molecule has 0 aliphatic rings. The van der Waals surface area contributed by atoms with E-state index in [2.05, 4.69) is 135 Å². The summed E-state index contributed by atoms with van der Waals surface area (Å²) in [6, 6.07) is 0. The van der Waals surface area contributed by atoms with Crippen LogP contribution in [0.4, 0.5) is 0 Å². The van der Waals surface area contributed by atoms with Gasteiger partial charge in [0.25, 0.3) is 0 Å². The monoisotopic (exact) mass is 1020 g/mol. The normalized spacial score (nSPS) is 13.1. The first-order valence-corrected chi connectivity index (χ1v) is 31.1. The summed E-state index contributed by atoms with van der Waals surface area (Å²) in [5.41, 5.74) is 0. The molecule has 1 atom stereocenters. The van der Waals surface area contributed by atoms with Gasteiger partial charge in [-0.15, -0.1) is 0 Å². The second kappa shape index (κ2) is 63.6. The van der Waals surface area contributed by atoms with Gasteiger partial charge in [-0.2, -0.15) is 0 Å². The number of hydrogen-bond acceptors (Lipinski definition) is 5. The van der Waals surface area contributed by atoms with Crippen molar-refractivity contribution in [2.24, 2.45) is 0 Å². The van der Waals surface area contributed by atoms with Crippen LogP contribution in [0.3, 0.4) is 0 Å². The Balaban J connectivity index is 3.49. The van der Waals surface area contributed by atoms with Gasteiger partial charge in [0.15, 0.2) is 6.10 Å². The number of unbranched alkanes of at least 4 members (excludes halogenated alkanes) is 28. The SMILES string of the molecule is CC/C=C\C/C=C\C/C=C\C/C=C\C/C=C\CCCCCCCCCCCCCCCCCCCC(=O)OC(CO)COC(=O)CCCCCCCCCCCCC/C=C\C/C=C\C/C=C\C/C=C\C/C=C\CC. The van der Waals surface area contributed by atoms with Gasteiger partial charge in [0.1, 0.15) is 6.61 Å². The number of ether oxygens (including phenoxy) is 2. The number of rotatable bonds is 56. The molecule has 0 bridgehead atoms. The zero-order valence-electron chi connectivity index (χ0n) is 48.3. The predicted octanol–water partition coefficient (Wildman–Crippen LogP) is 21.4. The maximum absolute atomic E-state index is 12.3. The predicted molar refractivity (Wildman–Crippen MR) is 325 cm³/mol. The molecule has 0 aliphatic heterocycles. The quantitative estimate of drug-likeness (QED) is 0.0373. The van der Waals surface area contributed by atoms with Gasteiger partial charge >= 0.3 is 11.9 Å². The lowest BCUT2D eigenvalue weighted by Crippen LogP contribution is -2.28. The Morgan fingerprint density at radius 1 is 0.311 bits per heavy atom. The van der Waals surface area contributed by atoms with Crippen molar-refractivity contribution < 1.29 is 24.2 Å². The van der Waals surface area contributed by atoms with Gasteiger partial charge in [0.2, 0.25) is 0 Å². The van der Waals surface area contributed by atoms with Crippen LogP contribution in [-0.2, 0) is 19.1 Å². The lowest BCUT2D eigenvalue weighted by molar-refractivity contribution is -0.161. The Bertz CT molecular complexity index is 1490. The largest absolute Gasteiger partial charge is 0.462 e. The van der Waals surface area contributed by atoms with E-state index in [9.17, 15) is 14.7 Å². The standard InChI is InChI=1S/C69H116O5/c1-3-5-7-9-11-13-15-17-19-21-23-25-27-29-31-32-33-34-35-36-38-40-42-44-46-48-50-52-54-56-58-60-62-64-69(72)74-67(65-70)66-73-68(71)63-61-59-57-55-53-51-49-47-45-43-41-39-37-30-28-26-24-22-20-18-16-14-12-10-8-6-4-2/h5-8,11-14,17-20,23-26,29-31,37,67,70H,3-4,9-10,15-16,21-22,27-28,32-36,38-66H2,1-2H3/b7-5-,8-6-,13-11-,14-12-,19-17-,20-18-,25-23-,26-24-,31-29-,37-30-. The molecule has 0 aliphatic carbocycles. The molecule has 422 valence electrons. The summed E-state index contributed by atoms with van der Waals surface area (Å²) in [4.78, 5) is 24.6. The highest BCUT2D eigenvalue weighted by Gasteiger charge is 2.16. The smallest absolute Gasteiger partial charge is 0.306 e. The van der Waals surface area contributed by atoms with E-state index in [1.54, 1.807) is 0 Å². The lowest BCUT2D eigenvalue weighted by atomic mass is 10.0. The van der Waals surface area contributed by atoms with Crippen molar-refractivity contribution in [1.82, 2.24) is 0 Å². The molecule has 0 saturated carbocycles. The van der Waals surface area contributed by atoms with Crippen LogP contribution in [0.2, 0.25) is 0 Å². The fourth-order valence-electron chi connectivity index (χ4n) is 8.67. The highest BCUT2D eigenvalue weighted by atomic mass is 16.6. The molecule has 5 nitrogen and oxygen atoms in total. The number of esters is 2. The van der Waals surface area contributed by atoms with E-state index < -0.39 is 6.10 Å². The minimum Gasteiger partial charge on any atom is -0.462 e. The maximum atomic E-state index is 12.3. The van der Waals surface area contributed by atoms with Gasteiger partial charge in [-0.3, -0.25) is 9.59 Å². The Hall–Kier alpha value is -3.70. The summed E-state index contributed by atoms with van der Waals surface area (Å²) >= 11 is 0. The summed E-state index contributed by atoms with van der Waals surface area (Å²) < 4.78 is 10.7. The van der Waals surface area contributed by atoms with E-state index in [-0.39, 0.29) is 25.2 Å². The van der Waals surface area contributed by atoms with Crippen molar-refractivity contribution in [3.8, 4) is 0 Å². The molecule has 0 aromatic rings. The molecule has 0 aromatic heterocycles. The second-order valence-electron chi connectivity index (χ2n) is 20.4. The molecular formula is C69H116O5. The molecule has 0 amide bonds. The minimum absolute atomic E-state index is 0.0711. The van der Waals surface area contributed by atoms with Crippen LogP contribution in [0, 0.1) is 0 Å². The molecule has 1 N–H and O–H groups in total. The first-order valence-electron chi connectivity index (χ1n) is 31.1. The number of carbonyl (C=O) groups excluding carboxylic acids is 2. The molecule has 0 radical (unpaired) electrons. The first kappa shape index (κ1) is 70.3. The molecule has 0 heterocycles. The van der Waals surface area contributed by atoms with E-state index in [1.807, 2.05) is 0 Å². The van der Waals surface area contributed by atoms with Gasteiger partial charge in [0.05, 0.1) is 6.61 Å². The molecular weight excluding hydrogens is 909 g/mol. The molecule has 0 spiro atoms. The van der Waals surface area contributed by atoms with Gasteiger partial charge < -0.3 is 14.6 Å². The highest BCUT2D eigenvalue weighted by molar-refractivity contribution is 5.70. The molecule has 1 unspecified atom stereocenters.